The number of nitrogens with zero attached hydrogens (tertiary/aromatic N) is 4. The first kappa shape index (κ1) is 16.7. The average molecular weight is 336 g/mol. The number of methoxy groups -OCH3 is 1. The maximum atomic E-state index is 12.1. The fourth-order valence-electron chi connectivity index (χ4n) is 1.90. The highest BCUT2D eigenvalue weighted by Gasteiger charge is 2.18. The maximum Gasteiger partial charge on any atom is 0.273 e. The summed E-state index contributed by atoms with van der Waals surface area (Å²) in [6.45, 7) is 0.685. The van der Waals surface area contributed by atoms with Gasteiger partial charge in [0.15, 0.2) is 17.8 Å². The smallest absolute Gasteiger partial charge is 0.273 e. The minimum Gasteiger partial charge on any atom is -0.495 e. The Morgan fingerprint density at radius 3 is 3.09 bits per heavy atom. The second-order valence-electron chi connectivity index (χ2n) is 4.44. The van der Waals surface area contributed by atoms with Gasteiger partial charge < -0.3 is 14.5 Å². The fraction of sp³-hybridized carbons (Fsp3) is 0.286. The molecule has 1 aromatic heterocycles. The van der Waals surface area contributed by atoms with Gasteiger partial charge in [0.25, 0.3) is 5.91 Å². The SMILES string of the molecule is COc1ccc(-c2ocnc2C(=O)NCCCN=[N+]=[N-])cc1Cl. The van der Waals surface area contributed by atoms with Gasteiger partial charge >= 0.3 is 0 Å². The van der Waals surface area contributed by atoms with E-state index in [1.807, 2.05) is 0 Å². The van der Waals surface area contributed by atoms with E-state index in [0.717, 1.165) is 0 Å². The van der Waals surface area contributed by atoms with Crippen LogP contribution < -0.4 is 10.1 Å². The number of ether oxygens (including phenoxy) is 1. The Morgan fingerprint density at radius 2 is 2.39 bits per heavy atom. The van der Waals surface area contributed by atoms with Crippen molar-refractivity contribution in [2.75, 3.05) is 20.2 Å². The lowest BCUT2D eigenvalue weighted by molar-refractivity contribution is 0.0949. The van der Waals surface area contributed by atoms with Crippen molar-refractivity contribution in [1.29, 1.82) is 0 Å². The third kappa shape index (κ3) is 4.15. The topological polar surface area (TPSA) is 113 Å². The summed E-state index contributed by atoms with van der Waals surface area (Å²) in [4.78, 5) is 18.7. The summed E-state index contributed by atoms with van der Waals surface area (Å²) < 4.78 is 10.4. The van der Waals surface area contributed by atoms with Crippen LogP contribution in [0.4, 0.5) is 0 Å². The second kappa shape index (κ2) is 8.07. The molecule has 0 saturated carbocycles. The molecule has 120 valence electrons. The molecule has 0 spiro atoms. The third-order valence-electron chi connectivity index (χ3n) is 2.98. The molecule has 0 saturated heterocycles. The molecule has 2 rings (SSSR count). The molecule has 1 aromatic carbocycles. The van der Waals surface area contributed by atoms with E-state index < -0.39 is 0 Å². The van der Waals surface area contributed by atoms with Crippen molar-refractivity contribution in [1.82, 2.24) is 10.3 Å². The molecule has 0 fully saturated rings. The molecule has 0 bridgehead atoms. The fourth-order valence-corrected chi connectivity index (χ4v) is 2.16. The van der Waals surface area contributed by atoms with Crippen molar-refractivity contribution < 1.29 is 13.9 Å². The number of azide groups is 1. The molecule has 0 aliphatic heterocycles. The number of benzene rings is 1. The van der Waals surface area contributed by atoms with Crippen molar-refractivity contribution in [2.24, 2.45) is 5.11 Å². The van der Waals surface area contributed by atoms with E-state index in [1.165, 1.54) is 13.5 Å². The minimum atomic E-state index is -0.373. The second-order valence-corrected chi connectivity index (χ2v) is 4.85. The summed E-state index contributed by atoms with van der Waals surface area (Å²) in [5, 5.41) is 6.48. The number of carbonyl (C=O) groups is 1. The summed E-state index contributed by atoms with van der Waals surface area (Å²) in [7, 11) is 1.52. The molecule has 0 radical (unpaired) electrons. The number of oxazole rings is 1. The Hall–Kier alpha value is -2.70. The highest BCUT2D eigenvalue weighted by atomic mass is 35.5. The van der Waals surface area contributed by atoms with Gasteiger partial charge in [0.1, 0.15) is 5.75 Å². The van der Waals surface area contributed by atoms with E-state index in [2.05, 4.69) is 20.3 Å². The lowest BCUT2D eigenvalue weighted by Gasteiger charge is -2.06. The number of carbonyl (C=O) groups excluding carboxylic acids is 1. The van der Waals surface area contributed by atoms with Gasteiger partial charge in [-0.1, -0.05) is 16.7 Å². The summed E-state index contributed by atoms with van der Waals surface area (Å²) in [6, 6.07) is 5.05. The summed E-state index contributed by atoms with van der Waals surface area (Å²) in [5.74, 6) is 0.475. The standard InChI is InChI=1S/C14H14ClN5O3/c1-22-11-4-3-9(7-10(11)15)13-12(18-8-23-13)14(21)17-5-2-6-19-20-16/h3-4,7-8H,2,5-6H2,1H3,(H,17,21). The van der Waals surface area contributed by atoms with Crippen LogP contribution in [-0.2, 0) is 0 Å². The van der Waals surface area contributed by atoms with Crippen LogP contribution in [0.25, 0.3) is 21.8 Å². The van der Waals surface area contributed by atoms with Gasteiger partial charge in [0.05, 0.1) is 12.1 Å². The quantitative estimate of drug-likeness (QED) is 0.361. The lowest BCUT2D eigenvalue weighted by Crippen LogP contribution is -2.25. The molecular formula is C14H14ClN5O3. The van der Waals surface area contributed by atoms with E-state index in [9.17, 15) is 4.79 Å². The van der Waals surface area contributed by atoms with Crippen LogP contribution in [0.2, 0.25) is 5.02 Å². The molecule has 9 heteroatoms. The zero-order valence-corrected chi connectivity index (χ0v) is 13.1. The summed E-state index contributed by atoms with van der Waals surface area (Å²) in [6.07, 6.45) is 1.74. The predicted octanol–water partition coefficient (Wildman–Crippen LogP) is 3.43. The van der Waals surface area contributed by atoms with Crippen LogP contribution >= 0.6 is 11.6 Å². The molecule has 0 atom stereocenters. The van der Waals surface area contributed by atoms with E-state index in [1.54, 1.807) is 18.2 Å². The lowest BCUT2D eigenvalue weighted by atomic mass is 10.1. The van der Waals surface area contributed by atoms with Gasteiger partial charge in [0, 0.05) is 23.6 Å². The highest BCUT2D eigenvalue weighted by molar-refractivity contribution is 6.32. The van der Waals surface area contributed by atoms with Crippen LogP contribution in [0.3, 0.4) is 0 Å². The molecular weight excluding hydrogens is 322 g/mol. The summed E-state index contributed by atoms with van der Waals surface area (Å²) >= 11 is 6.08. The van der Waals surface area contributed by atoms with Gasteiger partial charge in [0.2, 0.25) is 0 Å². The molecule has 1 heterocycles. The maximum absolute atomic E-state index is 12.1. The molecule has 0 aliphatic carbocycles. The molecule has 23 heavy (non-hydrogen) atoms. The van der Waals surface area contributed by atoms with Crippen molar-refractivity contribution in [3.63, 3.8) is 0 Å². The van der Waals surface area contributed by atoms with Crippen LogP contribution in [-0.4, -0.2) is 31.1 Å². The third-order valence-corrected chi connectivity index (χ3v) is 3.28. The number of hydrogen-bond donors (Lipinski definition) is 1. The van der Waals surface area contributed by atoms with E-state index >= 15 is 0 Å². The van der Waals surface area contributed by atoms with Crippen molar-refractivity contribution >= 4 is 17.5 Å². The zero-order chi connectivity index (χ0) is 16.7. The first-order valence-corrected chi connectivity index (χ1v) is 7.11. The number of aromatic nitrogens is 1. The van der Waals surface area contributed by atoms with E-state index in [-0.39, 0.29) is 11.6 Å². The zero-order valence-electron chi connectivity index (χ0n) is 12.3. The van der Waals surface area contributed by atoms with Crippen LogP contribution in [0, 0.1) is 0 Å². The number of hydrogen-bond acceptors (Lipinski definition) is 5. The molecule has 0 aliphatic rings. The van der Waals surface area contributed by atoms with Crippen LogP contribution in [0.5, 0.6) is 5.75 Å². The Balaban J connectivity index is 2.11. The molecule has 2 aromatic rings. The monoisotopic (exact) mass is 335 g/mol. The van der Waals surface area contributed by atoms with Crippen LogP contribution in [0.15, 0.2) is 34.1 Å². The molecule has 1 amide bonds. The Kier molecular flexibility index (Phi) is 5.85. The minimum absolute atomic E-state index is 0.162. The predicted molar refractivity (Wildman–Crippen MR) is 84.5 cm³/mol. The van der Waals surface area contributed by atoms with Crippen molar-refractivity contribution in [3.05, 3.63) is 45.8 Å². The van der Waals surface area contributed by atoms with E-state index in [4.69, 9.17) is 26.3 Å². The van der Waals surface area contributed by atoms with Crippen LogP contribution in [0.1, 0.15) is 16.9 Å². The van der Waals surface area contributed by atoms with Crippen molar-refractivity contribution in [2.45, 2.75) is 6.42 Å². The van der Waals surface area contributed by atoms with Gasteiger partial charge in [-0.15, -0.1) is 0 Å². The number of nitrogens with one attached hydrogen (secondary N) is 1. The average Bonchev–Trinajstić information content (AvgIpc) is 3.04. The largest absolute Gasteiger partial charge is 0.495 e. The molecule has 0 unspecified atom stereocenters. The highest BCUT2D eigenvalue weighted by Crippen LogP contribution is 2.31. The first-order chi connectivity index (χ1) is 11.2. The molecule has 8 nitrogen and oxygen atoms in total. The van der Waals surface area contributed by atoms with Gasteiger partial charge in [-0.05, 0) is 30.2 Å². The summed E-state index contributed by atoms with van der Waals surface area (Å²) in [5.41, 5.74) is 8.96. The Morgan fingerprint density at radius 1 is 1.57 bits per heavy atom. The molecule has 1 N–H and O–H groups in total. The number of amides is 1. The van der Waals surface area contributed by atoms with Gasteiger partial charge in [-0.2, -0.15) is 0 Å². The Labute approximate surface area is 137 Å². The number of rotatable bonds is 7. The normalized spacial score (nSPS) is 10.0. The van der Waals surface area contributed by atoms with E-state index in [0.29, 0.717) is 41.6 Å². The van der Waals surface area contributed by atoms with Gasteiger partial charge in [-0.25, -0.2) is 4.98 Å². The Bertz CT molecular complexity index is 740. The first-order valence-electron chi connectivity index (χ1n) is 6.73. The van der Waals surface area contributed by atoms with Crippen molar-refractivity contribution in [3.8, 4) is 17.1 Å². The van der Waals surface area contributed by atoms with Gasteiger partial charge in [-0.3, -0.25) is 4.79 Å². The number of halogens is 1.